The summed E-state index contributed by atoms with van der Waals surface area (Å²) in [6.07, 6.45) is 1.15. The molecule has 1 saturated heterocycles. The lowest BCUT2D eigenvalue weighted by atomic mass is 10.2. The minimum Gasteiger partial charge on any atom is -0.490 e. The van der Waals surface area contributed by atoms with Crippen molar-refractivity contribution >= 4 is 58.2 Å². The molecule has 3 rings (SSSR count). The van der Waals surface area contributed by atoms with Crippen LogP contribution in [0.3, 0.4) is 0 Å². The van der Waals surface area contributed by atoms with Crippen molar-refractivity contribution in [2.45, 2.75) is 25.2 Å². The molecule has 1 aliphatic heterocycles. The van der Waals surface area contributed by atoms with E-state index in [1.807, 2.05) is 25.1 Å². The molecule has 32 heavy (non-hydrogen) atoms. The van der Waals surface area contributed by atoms with Crippen LogP contribution in [-0.2, 0) is 16.2 Å². The van der Waals surface area contributed by atoms with Crippen molar-refractivity contribution in [1.82, 2.24) is 5.32 Å². The molecule has 0 aromatic heterocycles. The van der Waals surface area contributed by atoms with Crippen LogP contribution in [0.25, 0.3) is 0 Å². The number of nitrogens with one attached hydrogen (secondary N) is 1. The van der Waals surface area contributed by atoms with Crippen molar-refractivity contribution in [2.75, 3.05) is 6.61 Å². The third kappa shape index (κ3) is 6.38. The molecule has 1 atom stereocenters. The van der Waals surface area contributed by atoms with Crippen molar-refractivity contribution in [3.63, 3.8) is 0 Å². The summed E-state index contributed by atoms with van der Waals surface area (Å²) in [5, 5.41) is 19.6. The summed E-state index contributed by atoms with van der Waals surface area (Å²) in [5.74, 6) is -0.649. The lowest BCUT2D eigenvalue weighted by molar-refractivity contribution is -0.138. The fourth-order valence-corrected chi connectivity index (χ4v) is 4.10. The van der Waals surface area contributed by atoms with Gasteiger partial charge in [0, 0.05) is 16.1 Å². The number of benzene rings is 2. The highest BCUT2D eigenvalue weighted by Crippen LogP contribution is 2.37. The standard InChI is InChI=1S/C21H19Cl2N3O5S/c1-2-30-16-8-12(10-24-26-21-25-20(29)17(32-21)9-18(27)28)7-15(23)19(16)31-11-13-5-3-4-6-14(13)22/h3-8,10,17H,2,9,11H2,1H3,(H,27,28)(H,25,26,29). The Bertz CT molecular complexity index is 1080. The van der Waals surface area contributed by atoms with Crippen LogP contribution in [0.1, 0.15) is 24.5 Å². The van der Waals surface area contributed by atoms with Gasteiger partial charge in [-0.3, -0.25) is 9.59 Å². The number of hydrogen-bond donors (Lipinski definition) is 2. The van der Waals surface area contributed by atoms with E-state index in [2.05, 4.69) is 15.5 Å². The lowest BCUT2D eigenvalue weighted by Crippen LogP contribution is -2.26. The van der Waals surface area contributed by atoms with Gasteiger partial charge in [0.15, 0.2) is 16.7 Å². The lowest BCUT2D eigenvalue weighted by Gasteiger charge is -2.15. The van der Waals surface area contributed by atoms with Crippen LogP contribution in [0.2, 0.25) is 10.0 Å². The van der Waals surface area contributed by atoms with Crippen molar-refractivity contribution in [3.05, 3.63) is 57.6 Å². The Morgan fingerprint density at radius 1 is 1.25 bits per heavy atom. The average Bonchev–Trinajstić information content (AvgIpc) is 3.07. The Morgan fingerprint density at radius 2 is 2.03 bits per heavy atom. The maximum absolute atomic E-state index is 11.8. The largest absolute Gasteiger partial charge is 0.490 e. The van der Waals surface area contributed by atoms with E-state index in [0.29, 0.717) is 33.7 Å². The van der Waals surface area contributed by atoms with Gasteiger partial charge in [-0.25, -0.2) is 0 Å². The number of rotatable bonds is 9. The maximum atomic E-state index is 11.8. The van der Waals surface area contributed by atoms with Crippen LogP contribution in [0, 0.1) is 0 Å². The van der Waals surface area contributed by atoms with E-state index < -0.39 is 17.1 Å². The number of carboxylic acids is 1. The van der Waals surface area contributed by atoms with Gasteiger partial charge in [-0.05, 0) is 25.1 Å². The zero-order valence-corrected chi connectivity index (χ0v) is 19.2. The van der Waals surface area contributed by atoms with E-state index in [1.54, 1.807) is 18.2 Å². The highest BCUT2D eigenvalue weighted by atomic mass is 35.5. The predicted octanol–water partition coefficient (Wildman–Crippen LogP) is 4.37. The van der Waals surface area contributed by atoms with Gasteiger partial charge in [0.2, 0.25) is 5.91 Å². The summed E-state index contributed by atoms with van der Waals surface area (Å²) < 4.78 is 11.5. The zero-order chi connectivity index (χ0) is 23.1. The highest BCUT2D eigenvalue weighted by Gasteiger charge is 2.32. The Balaban J connectivity index is 1.73. The van der Waals surface area contributed by atoms with Gasteiger partial charge in [0.25, 0.3) is 0 Å². The molecule has 168 valence electrons. The molecule has 8 nitrogen and oxygen atoms in total. The number of carbonyl (C=O) groups excluding carboxylic acids is 1. The van der Waals surface area contributed by atoms with E-state index in [1.165, 1.54) is 6.21 Å². The van der Waals surface area contributed by atoms with E-state index in [0.717, 1.165) is 17.3 Å². The van der Waals surface area contributed by atoms with Crippen LogP contribution in [0.4, 0.5) is 0 Å². The zero-order valence-electron chi connectivity index (χ0n) is 16.9. The Labute approximate surface area is 198 Å². The number of carboxylic acid groups (broad SMARTS) is 1. The topological polar surface area (TPSA) is 110 Å². The van der Waals surface area contributed by atoms with Gasteiger partial charge >= 0.3 is 5.97 Å². The third-order valence-corrected chi connectivity index (χ3v) is 5.88. The first-order valence-electron chi connectivity index (χ1n) is 9.50. The van der Waals surface area contributed by atoms with Crippen molar-refractivity contribution in [3.8, 4) is 11.5 Å². The number of ether oxygens (including phenoxy) is 2. The Hall–Kier alpha value is -2.75. The monoisotopic (exact) mass is 495 g/mol. The average molecular weight is 496 g/mol. The summed E-state index contributed by atoms with van der Waals surface area (Å²) in [6.45, 7) is 2.45. The van der Waals surface area contributed by atoms with Gasteiger partial charge < -0.3 is 19.9 Å². The molecule has 1 unspecified atom stereocenters. The van der Waals surface area contributed by atoms with E-state index in [4.69, 9.17) is 37.8 Å². The van der Waals surface area contributed by atoms with Gasteiger partial charge in [-0.1, -0.05) is 53.2 Å². The fraction of sp³-hybridized carbons (Fsp3) is 0.238. The fourth-order valence-electron chi connectivity index (χ4n) is 2.72. The number of hydrogen-bond acceptors (Lipinski definition) is 7. The number of amidine groups is 1. The number of thioether (sulfide) groups is 1. The number of nitrogens with zero attached hydrogens (tertiary/aromatic N) is 2. The van der Waals surface area contributed by atoms with Crippen molar-refractivity contribution < 1.29 is 24.2 Å². The molecule has 0 radical (unpaired) electrons. The first kappa shape index (κ1) is 23.9. The molecule has 2 aromatic rings. The summed E-state index contributed by atoms with van der Waals surface area (Å²) in [5.41, 5.74) is 1.41. The summed E-state index contributed by atoms with van der Waals surface area (Å²) in [7, 11) is 0. The Kier molecular flexibility index (Phi) is 8.38. The quantitative estimate of drug-likeness (QED) is 0.394. The van der Waals surface area contributed by atoms with Gasteiger partial charge in [0.1, 0.15) is 11.9 Å². The van der Waals surface area contributed by atoms with Crippen LogP contribution in [0.15, 0.2) is 46.6 Å². The number of amides is 1. The van der Waals surface area contributed by atoms with Gasteiger partial charge in [-0.2, -0.15) is 5.10 Å². The molecule has 1 amide bonds. The molecule has 2 N–H and O–H groups in total. The van der Waals surface area contributed by atoms with Gasteiger partial charge in [-0.15, -0.1) is 5.10 Å². The molecule has 0 aliphatic carbocycles. The maximum Gasteiger partial charge on any atom is 0.305 e. The number of halogens is 2. The van der Waals surface area contributed by atoms with Crippen molar-refractivity contribution in [1.29, 1.82) is 0 Å². The van der Waals surface area contributed by atoms with E-state index in [9.17, 15) is 9.59 Å². The van der Waals surface area contributed by atoms with Gasteiger partial charge in [0.05, 0.1) is 24.3 Å². The molecule has 0 saturated carbocycles. The normalized spacial score (nSPS) is 17.0. The highest BCUT2D eigenvalue weighted by molar-refractivity contribution is 8.15. The number of aliphatic carboxylic acids is 1. The van der Waals surface area contributed by atoms with Crippen LogP contribution >= 0.6 is 35.0 Å². The van der Waals surface area contributed by atoms with E-state index in [-0.39, 0.29) is 18.2 Å². The molecule has 11 heteroatoms. The second kappa shape index (κ2) is 11.2. The molecular weight excluding hydrogens is 477 g/mol. The second-order valence-corrected chi connectivity index (χ2v) is 8.49. The summed E-state index contributed by atoms with van der Waals surface area (Å²) in [4.78, 5) is 22.5. The summed E-state index contributed by atoms with van der Waals surface area (Å²) >= 11 is 13.6. The third-order valence-electron chi connectivity index (χ3n) is 4.15. The van der Waals surface area contributed by atoms with Crippen molar-refractivity contribution in [2.24, 2.45) is 10.2 Å². The first-order valence-corrected chi connectivity index (χ1v) is 11.1. The smallest absolute Gasteiger partial charge is 0.305 e. The molecule has 0 spiro atoms. The predicted molar refractivity (Wildman–Crippen MR) is 125 cm³/mol. The van der Waals surface area contributed by atoms with Crippen LogP contribution in [0.5, 0.6) is 11.5 Å². The second-order valence-electron chi connectivity index (χ2n) is 6.49. The number of carbonyl (C=O) groups is 2. The molecule has 1 fully saturated rings. The molecular formula is C21H19Cl2N3O5S. The van der Waals surface area contributed by atoms with Crippen LogP contribution in [-0.4, -0.2) is 40.2 Å². The molecule has 1 aliphatic rings. The SMILES string of the molecule is CCOc1cc(C=NN=C2NC(=O)C(CC(=O)O)S2)cc(Cl)c1OCc1ccccc1Cl. The minimum absolute atomic E-state index is 0.217. The first-order chi connectivity index (χ1) is 15.4. The summed E-state index contributed by atoms with van der Waals surface area (Å²) in [6, 6.07) is 10.7. The molecule has 2 aromatic carbocycles. The van der Waals surface area contributed by atoms with E-state index >= 15 is 0 Å². The molecule has 1 heterocycles. The van der Waals surface area contributed by atoms with Crippen LogP contribution < -0.4 is 14.8 Å². The molecule has 0 bridgehead atoms. The minimum atomic E-state index is -1.06. The Morgan fingerprint density at radius 3 is 2.75 bits per heavy atom.